The first-order chi connectivity index (χ1) is 12.0. The van der Waals surface area contributed by atoms with Gasteiger partial charge in [-0.3, -0.25) is 4.79 Å². The summed E-state index contributed by atoms with van der Waals surface area (Å²) < 4.78 is 0.982. The Morgan fingerprint density at radius 3 is 2.52 bits per heavy atom. The minimum absolute atomic E-state index is 0.0248. The Labute approximate surface area is 154 Å². The predicted octanol–water partition coefficient (Wildman–Crippen LogP) is 3.32. The molecule has 0 saturated heterocycles. The van der Waals surface area contributed by atoms with E-state index in [-0.39, 0.29) is 18.5 Å². The van der Waals surface area contributed by atoms with Crippen LogP contribution in [0.15, 0.2) is 59.1 Å². The molecule has 1 amide bonds. The molecule has 3 aromatic rings. The lowest BCUT2D eigenvalue weighted by atomic mass is 10.1. The zero-order valence-electron chi connectivity index (χ0n) is 14.0. The second-order valence-electron chi connectivity index (χ2n) is 5.74. The third-order valence-electron chi connectivity index (χ3n) is 4.09. The van der Waals surface area contributed by atoms with Gasteiger partial charge >= 0.3 is 0 Å². The fourth-order valence-electron chi connectivity index (χ4n) is 2.43. The van der Waals surface area contributed by atoms with Crippen molar-refractivity contribution in [3.05, 3.63) is 64.6 Å². The number of aromatic nitrogens is 4. The van der Waals surface area contributed by atoms with Gasteiger partial charge in [0.05, 0.1) is 6.04 Å². The van der Waals surface area contributed by atoms with Gasteiger partial charge in [0.15, 0.2) is 0 Å². The van der Waals surface area contributed by atoms with Crippen LogP contribution in [0.25, 0.3) is 11.4 Å². The van der Waals surface area contributed by atoms with Crippen LogP contribution in [-0.4, -0.2) is 38.1 Å². The molecule has 7 heteroatoms. The molecule has 3 rings (SSSR count). The smallest absolute Gasteiger partial charge is 0.246 e. The monoisotopic (exact) mass is 399 g/mol. The van der Waals surface area contributed by atoms with E-state index in [2.05, 4.69) is 31.3 Å². The molecule has 25 heavy (non-hydrogen) atoms. The summed E-state index contributed by atoms with van der Waals surface area (Å²) in [5.41, 5.74) is 1.94. The van der Waals surface area contributed by atoms with Crippen molar-refractivity contribution in [1.29, 1.82) is 0 Å². The summed E-state index contributed by atoms with van der Waals surface area (Å²) >= 11 is 3.39. The first-order valence-electron chi connectivity index (χ1n) is 7.89. The van der Waals surface area contributed by atoms with Gasteiger partial charge in [-0.2, -0.15) is 4.80 Å². The van der Waals surface area contributed by atoms with Crippen LogP contribution in [-0.2, 0) is 11.3 Å². The van der Waals surface area contributed by atoms with E-state index in [0.717, 1.165) is 15.6 Å². The molecule has 6 nitrogen and oxygen atoms in total. The second kappa shape index (κ2) is 7.57. The molecule has 0 N–H and O–H groups in total. The van der Waals surface area contributed by atoms with Crippen LogP contribution in [0, 0.1) is 0 Å². The summed E-state index contributed by atoms with van der Waals surface area (Å²) in [7, 11) is 1.78. The maximum atomic E-state index is 12.5. The number of halogens is 1. The predicted molar refractivity (Wildman–Crippen MR) is 98.6 cm³/mol. The van der Waals surface area contributed by atoms with E-state index in [1.54, 1.807) is 11.9 Å². The highest BCUT2D eigenvalue weighted by atomic mass is 79.9. The number of carbonyl (C=O) groups is 1. The van der Waals surface area contributed by atoms with E-state index in [4.69, 9.17) is 0 Å². The molecule has 128 valence electrons. The van der Waals surface area contributed by atoms with Crippen molar-refractivity contribution < 1.29 is 4.79 Å². The number of carbonyl (C=O) groups excluding carboxylic acids is 1. The van der Waals surface area contributed by atoms with Crippen LogP contribution in [0.3, 0.4) is 0 Å². The largest absolute Gasteiger partial charge is 0.337 e. The van der Waals surface area contributed by atoms with E-state index in [1.165, 1.54) is 4.80 Å². The number of likely N-dealkylation sites (N-methyl/N-ethyl adjacent to an activating group) is 1. The van der Waals surface area contributed by atoms with Crippen molar-refractivity contribution in [3.8, 4) is 11.4 Å². The van der Waals surface area contributed by atoms with Crippen LogP contribution in [0.4, 0.5) is 0 Å². The molecule has 0 aliphatic heterocycles. The van der Waals surface area contributed by atoms with Crippen LogP contribution in [0.5, 0.6) is 0 Å². The topological polar surface area (TPSA) is 63.9 Å². The summed E-state index contributed by atoms with van der Waals surface area (Å²) in [6.45, 7) is 2.05. The Balaban J connectivity index is 1.68. The molecule has 1 heterocycles. The van der Waals surface area contributed by atoms with Gasteiger partial charge in [0.25, 0.3) is 0 Å². The van der Waals surface area contributed by atoms with Gasteiger partial charge in [-0.15, -0.1) is 10.2 Å². The van der Waals surface area contributed by atoms with E-state index in [0.29, 0.717) is 5.82 Å². The van der Waals surface area contributed by atoms with Crippen LogP contribution < -0.4 is 0 Å². The number of nitrogens with zero attached hydrogens (tertiary/aromatic N) is 5. The van der Waals surface area contributed by atoms with E-state index in [1.807, 2.05) is 61.5 Å². The molecule has 0 saturated carbocycles. The quantitative estimate of drug-likeness (QED) is 0.659. The average molecular weight is 400 g/mol. The number of amides is 1. The van der Waals surface area contributed by atoms with Crippen LogP contribution in [0.1, 0.15) is 18.5 Å². The lowest BCUT2D eigenvalue weighted by Gasteiger charge is -2.25. The van der Waals surface area contributed by atoms with Crippen molar-refractivity contribution in [2.45, 2.75) is 19.5 Å². The molecule has 0 unspecified atom stereocenters. The first kappa shape index (κ1) is 17.3. The Bertz CT molecular complexity index is 847. The molecule has 1 aromatic heterocycles. The lowest BCUT2D eigenvalue weighted by molar-refractivity contribution is -0.132. The molecule has 1 atom stereocenters. The van der Waals surface area contributed by atoms with Crippen LogP contribution in [0.2, 0.25) is 0 Å². The SMILES string of the molecule is C[C@@H](c1ccccc1)N(C)C(=O)Cn1nnc(-c2ccc(Br)cc2)n1. The molecule has 0 fully saturated rings. The molecule has 0 radical (unpaired) electrons. The van der Waals surface area contributed by atoms with Gasteiger partial charge in [0.2, 0.25) is 11.7 Å². The van der Waals surface area contributed by atoms with Crippen molar-refractivity contribution in [3.63, 3.8) is 0 Å². The maximum Gasteiger partial charge on any atom is 0.246 e. The Hall–Kier alpha value is -2.54. The fourth-order valence-corrected chi connectivity index (χ4v) is 2.69. The van der Waals surface area contributed by atoms with Crippen molar-refractivity contribution in [2.75, 3.05) is 7.05 Å². The number of benzene rings is 2. The number of hydrogen-bond acceptors (Lipinski definition) is 4. The average Bonchev–Trinajstić information content (AvgIpc) is 3.10. The van der Waals surface area contributed by atoms with E-state index < -0.39 is 0 Å². The lowest BCUT2D eigenvalue weighted by Crippen LogP contribution is -2.33. The maximum absolute atomic E-state index is 12.5. The summed E-state index contributed by atoms with van der Waals surface area (Å²) in [5, 5.41) is 12.3. The van der Waals surface area contributed by atoms with Gasteiger partial charge in [0.1, 0.15) is 6.54 Å². The normalized spacial score (nSPS) is 12.0. The minimum atomic E-state index is -0.0730. The Kier molecular flexibility index (Phi) is 5.23. The summed E-state index contributed by atoms with van der Waals surface area (Å²) in [4.78, 5) is 15.5. The van der Waals surface area contributed by atoms with Gasteiger partial charge in [-0.25, -0.2) is 0 Å². The molecular weight excluding hydrogens is 382 g/mol. The van der Waals surface area contributed by atoms with E-state index in [9.17, 15) is 4.79 Å². The Morgan fingerprint density at radius 2 is 1.84 bits per heavy atom. The third kappa shape index (κ3) is 4.11. The Morgan fingerprint density at radius 1 is 1.16 bits per heavy atom. The molecule has 0 aliphatic carbocycles. The van der Waals surface area contributed by atoms with Gasteiger partial charge < -0.3 is 4.90 Å². The van der Waals surface area contributed by atoms with Crippen LogP contribution >= 0.6 is 15.9 Å². The zero-order chi connectivity index (χ0) is 17.8. The summed E-state index contributed by atoms with van der Waals surface area (Å²) in [6, 6.07) is 17.5. The van der Waals surface area contributed by atoms with E-state index >= 15 is 0 Å². The second-order valence-corrected chi connectivity index (χ2v) is 6.66. The molecular formula is C18H18BrN5O. The highest BCUT2D eigenvalue weighted by molar-refractivity contribution is 9.10. The third-order valence-corrected chi connectivity index (χ3v) is 4.62. The van der Waals surface area contributed by atoms with Crippen molar-refractivity contribution >= 4 is 21.8 Å². The molecule has 0 spiro atoms. The standard InChI is InChI=1S/C18H18BrN5O/c1-13(14-6-4-3-5-7-14)23(2)17(25)12-24-21-18(20-22-24)15-8-10-16(19)11-9-15/h3-11,13H,12H2,1-2H3/t13-/m0/s1. The summed E-state index contributed by atoms with van der Waals surface area (Å²) in [6.07, 6.45) is 0. The van der Waals surface area contributed by atoms with Gasteiger partial charge in [-0.05, 0) is 42.0 Å². The highest BCUT2D eigenvalue weighted by Gasteiger charge is 2.18. The van der Waals surface area contributed by atoms with Gasteiger partial charge in [-0.1, -0.05) is 46.3 Å². The number of hydrogen-bond donors (Lipinski definition) is 0. The molecule has 2 aromatic carbocycles. The van der Waals surface area contributed by atoms with Crippen molar-refractivity contribution in [1.82, 2.24) is 25.1 Å². The fraction of sp³-hybridized carbons (Fsp3) is 0.222. The molecule has 0 aliphatic rings. The summed E-state index contributed by atoms with van der Waals surface area (Å²) in [5.74, 6) is 0.426. The van der Waals surface area contributed by atoms with Crippen molar-refractivity contribution in [2.24, 2.45) is 0 Å². The zero-order valence-corrected chi connectivity index (χ0v) is 15.6. The highest BCUT2D eigenvalue weighted by Crippen LogP contribution is 2.19. The van der Waals surface area contributed by atoms with Gasteiger partial charge in [0, 0.05) is 17.1 Å². The number of tetrazole rings is 1. The minimum Gasteiger partial charge on any atom is -0.337 e. The first-order valence-corrected chi connectivity index (χ1v) is 8.68. The molecule has 0 bridgehead atoms. The number of rotatable bonds is 5.